The van der Waals surface area contributed by atoms with Gasteiger partial charge >= 0.3 is 5.97 Å². The topological polar surface area (TPSA) is 57.6 Å². The van der Waals surface area contributed by atoms with E-state index in [-0.39, 0.29) is 12.3 Å². The molecule has 0 fully saturated rings. The summed E-state index contributed by atoms with van der Waals surface area (Å²) in [6, 6.07) is 16.6. The summed E-state index contributed by atoms with van der Waals surface area (Å²) in [5.74, 6) is -1.75. The van der Waals surface area contributed by atoms with Crippen LogP contribution < -0.4 is 4.90 Å². The minimum Gasteiger partial charge on any atom is -0.481 e. The van der Waals surface area contributed by atoms with Crippen LogP contribution in [0.2, 0.25) is 0 Å². The van der Waals surface area contributed by atoms with Crippen LogP contribution in [0, 0.1) is 0 Å². The number of hydrogen-bond donors (Lipinski definition) is 1. The first-order valence-electron chi connectivity index (χ1n) is 6.38. The Hall–Kier alpha value is -2.62. The Bertz CT molecular complexity index is 666. The fourth-order valence-corrected chi connectivity index (χ4v) is 2.61. The first-order chi connectivity index (χ1) is 9.68. The zero-order valence-corrected chi connectivity index (χ0v) is 10.7. The van der Waals surface area contributed by atoms with Crippen LogP contribution in [0.3, 0.4) is 0 Å². The number of hydrogen-bond acceptors (Lipinski definition) is 2. The molecule has 0 bridgehead atoms. The second-order valence-electron chi connectivity index (χ2n) is 4.72. The molecule has 3 rings (SSSR count). The van der Waals surface area contributed by atoms with Crippen molar-refractivity contribution in [2.24, 2.45) is 0 Å². The van der Waals surface area contributed by atoms with Gasteiger partial charge < -0.3 is 5.11 Å². The van der Waals surface area contributed by atoms with Gasteiger partial charge in [0.05, 0.1) is 18.0 Å². The summed E-state index contributed by atoms with van der Waals surface area (Å²) in [6.07, 6.45) is -0.181. The highest BCUT2D eigenvalue weighted by Crippen LogP contribution is 2.42. The van der Waals surface area contributed by atoms with E-state index >= 15 is 0 Å². The van der Waals surface area contributed by atoms with Crippen molar-refractivity contribution in [2.75, 3.05) is 4.90 Å². The lowest BCUT2D eigenvalue weighted by Gasteiger charge is -2.17. The minimum absolute atomic E-state index is 0.181. The molecule has 1 aliphatic rings. The van der Waals surface area contributed by atoms with Crippen molar-refractivity contribution in [2.45, 2.75) is 12.3 Å². The van der Waals surface area contributed by atoms with Gasteiger partial charge in [-0.15, -0.1) is 0 Å². The molecule has 0 spiro atoms. The molecule has 2 aromatic carbocycles. The molecule has 1 atom stereocenters. The molecule has 100 valence electrons. The molecule has 4 nitrogen and oxygen atoms in total. The zero-order chi connectivity index (χ0) is 14.1. The Morgan fingerprint density at radius 1 is 1.05 bits per heavy atom. The molecule has 0 saturated heterocycles. The van der Waals surface area contributed by atoms with Crippen molar-refractivity contribution < 1.29 is 14.7 Å². The van der Waals surface area contributed by atoms with Crippen molar-refractivity contribution >= 4 is 23.3 Å². The Labute approximate surface area is 116 Å². The lowest BCUT2D eigenvalue weighted by Crippen LogP contribution is -2.25. The molecule has 2 aromatic rings. The number of nitrogens with zero attached hydrogens (tertiary/aromatic N) is 1. The van der Waals surface area contributed by atoms with Gasteiger partial charge in [0.1, 0.15) is 0 Å². The summed E-state index contributed by atoms with van der Waals surface area (Å²) >= 11 is 0. The number of fused-ring (bicyclic) bond motifs is 1. The predicted octanol–water partition coefficient (Wildman–Crippen LogP) is 2.92. The number of carboxylic acids is 1. The number of amides is 1. The van der Waals surface area contributed by atoms with Crippen molar-refractivity contribution in [1.82, 2.24) is 0 Å². The lowest BCUT2D eigenvalue weighted by atomic mass is 9.97. The fourth-order valence-electron chi connectivity index (χ4n) is 2.61. The third kappa shape index (κ3) is 1.95. The number of carboxylic acid groups (broad SMARTS) is 1. The molecule has 0 aromatic heterocycles. The smallest absolute Gasteiger partial charge is 0.304 e. The summed E-state index contributed by atoms with van der Waals surface area (Å²) in [6.45, 7) is 0. The summed E-state index contributed by atoms with van der Waals surface area (Å²) in [5.41, 5.74) is 2.32. The highest BCUT2D eigenvalue weighted by molar-refractivity contribution is 6.11. The van der Waals surface area contributed by atoms with Crippen LogP contribution in [-0.2, 0) is 9.59 Å². The average Bonchev–Trinajstić information content (AvgIpc) is 2.72. The Morgan fingerprint density at radius 3 is 2.40 bits per heavy atom. The molecular weight excluding hydrogens is 254 g/mol. The summed E-state index contributed by atoms with van der Waals surface area (Å²) < 4.78 is 0. The predicted molar refractivity (Wildman–Crippen MR) is 75.0 cm³/mol. The van der Waals surface area contributed by atoms with Crippen LogP contribution in [0.4, 0.5) is 11.4 Å². The van der Waals surface area contributed by atoms with Crippen molar-refractivity contribution in [1.29, 1.82) is 0 Å². The summed E-state index contributed by atoms with van der Waals surface area (Å²) in [5, 5.41) is 9.00. The molecule has 1 heterocycles. The van der Waals surface area contributed by atoms with E-state index in [0.29, 0.717) is 0 Å². The van der Waals surface area contributed by atoms with Gasteiger partial charge in [-0.05, 0) is 23.8 Å². The fraction of sp³-hybridized carbons (Fsp3) is 0.125. The van der Waals surface area contributed by atoms with E-state index in [1.165, 1.54) is 0 Å². The highest BCUT2D eigenvalue weighted by Gasteiger charge is 2.38. The van der Waals surface area contributed by atoms with Gasteiger partial charge in [0.25, 0.3) is 0 Å². The van der Waals surface area contributed by atoms with Gasteiger partial charge in [0.15, 0.2) is 0 Å². The normalized spacial score (nSPS) is 17.1. The Balaban J connectivity index is 2.09. The van der Waals surface area contributed by atoms with Gasteiger partial charge in [-0.1, -0.05) is 36.4 Å². The van der Waals surface area contributed by atoms with Gasteiger partial charge in [-0.3, -0.25) is 14.5 Å². The van der Waals surface area contributed by atoms with Crippen molar-refractivity contribution in [3.05, 3.63) is 60.2 Å². The third-order valence-corrected chi connectivity index (χ3v) is 3.46. The van der Waals surface area contributed by atoms with Crippen LogP contribution in [0.5, 0.6) is 0 Å². The first kappa shape index (κ1) is 12.4. The van der Waals surface area contributed by atoms with Gasteiger partial charge in [0.2, 0.25) is 5.91 Å². The van der Waals surface area contributed by atoms with E-state index in [9.17, 15) is 9.59 Å². The van der Waals surface area contributed by atoms with E-state index in [1.807, 2.05) is 54.6 Å². The van der Waals surface area contributed by atoms with E-state index in [2.05, 4.69) is 0 Å². The van der Waals surface area contributed by atoms with E-state index < -0.39 is 11.9 Å². The van der Waals surface area contributed by atoms with Crippen LogP contribution in [-0.4, -0.2) is 17.0 Å². The highest BCUT2D eigenvalue weighted by atomic mass is 16.4. The molecule has 1 aliphatic heterocycles. The van der Waals surface area contributed by atoms with Crippen molar-refractivity contribution in [3.8, 4) is 0 Å². The average molecular weight is 267 g/mol. The van der Waals surface area contributed by atoms with Crippen LogP contribution in [0.25, 0.3) is 0 Å². The van der Waals surface area contributed by atoms with Gasteiger partial charge in [-0.2, -0.15) is 0 Å². The molecule has 1 N–H and O–H groups in total. The standard InChI is InChI=1S/C16H13NO3/c18-15(19)10-13-12-8-4-5-9-14(12)17(16(13)20)11-6-2-1-3-7-11/h1-9,13H,10H2,(H,18,19). The molecule has 0 saturated carbocycles. The molecular formula is C16H13NO3. The van der Waals surface area contributed by atoms with Crippen LogP contribution in [0.1, 0.15) is 17.9 Å². The molecule has 20 heavy (non-hydrogen) atoms. The molecule has 1 amide bonds. The number of para-hydroxylation sites is 2. The minimum atomic E-state index is -0.965. The number of anilines is 2. The maximum Gasteiger partial charge on any atom is 0.304 e. The molecule has 4 heteroatoms. The SMILES string of the molecule is O=C(O)CC1C(=O)N(c2ccccc2)c2ccccc21. The summed E-state index contributed by atoms with van der Waals surface area (Å²) in [4.78, 5) is 25.1. The largest absolute Gasteiger partial charge is 0.481 e. The zero-order valence-electron chi connectivity index (χ0n) is 10.7. The number of carbonyl (C=O) groups is 2. The summed E-state index contributed by atoms with van der Waals surface area (Å²) in [7, 11) is 0. The van der Waals surface area contributed by atoms with E-state index in [4.69, 9.17) is 5.11 Å². The second-order valence-corrected chi connectivity index (χ2v) is 4.72. The van der Waals surface area contributed by atoms with Gasteiger partial charge in [0, 0.05) is 5.69 Å². The third-order valence-electron chi connectivity index (χ3n) is 3.46. The first-order valence-corrected chi connectivity index (χ1v) is 6.38. The monoisotopic (exact) mass is 267 g/mol. The van der Waals surface area contributed by atoms with Crippen LogP contribution >= 0.6 is 0 Å². The molecule has 1 unspecified atom stereocenters. The number of aliphatic carboxylic acids is 1. The maximum atomic E-state index is 12.6. The van der Waals surface area contributed by atoms with Crippen LogP contribution in [0.15, 0.2) is 54.6 Å². The van der Waals surface area contributed by atoms with E-state index in [0.717, 1.165) is 16.9 Å². The van der Waals surface area contributed by atoms with E-state index in [1.54, 1.807) is 4.90 Å². The molecule has 0 aliphatic carbocycles. The number of benzene rings is 2. The molecule has 0 radical (unpaired) electrons. The Morgan fingerprint density at radius 2 is 1.70 bits per heavy atom. The van der Waals surface area contributed by atoms with Gasteiger partial charge in [-0.25, -0.2) is 0 Å². The quantitative estimate of drug-likeness (QED) is 0.930. The second kappa shape index (κ2) is 4.81. The lowest BCUT2D eigenvalue weighted by molar-refractivity contribution is -0.139. The van der Waals surface area contributed by atoms with Crippen molar-refractivity contribution in [3.63, 3.8) is 0 Å². The number of rotatable bonds is 3. The maximum absolute atomic E-state index is 12.6. The Kier molecular flexibility index (Phi) is 2.99. The number of carbonyl (C=O) groups excluding carboxylic acids is 1.